The molecule has 9 nitrogen and oxygen atoms in total. The Balaban J connectivity index is 1.29. The normalized spacial score (nSPS) is 32.7. The number of hydrogen-bond donors (Lipinski definition) is 1. The maximum Gasteiger partial charge on any atom is 0.247 e. The van der Waals surface area contributed by atoms with Gasteiger partial charge in [-0.2, -0.15) is 0 Å². The number of fused-ring (bicyclic) bond motifs is 2. The van der Waals surface area contributed by atoms with Gasteiger partial charge in [0.05, 0.1) is 36.4 Å². The van der Waals surface area contributed by atoms with Gasteiger partial charge in [-0.1, -0.05) is 54.6 Å². The van der Waals surface area contributed by atoms with Crippen molar-refractivity contribution in [2.24, 2.45) is 11.8 Å². The van der Waals surface area contributed by atoms with Gasteiger partial charge in [0.25, 0.3) is 0 Å². The van der Waals surface area contributed by atoms with Crippen molar-refractivity contribution in [2.45, 2.75) is 22.6 Å². The van der Waals surface area contributed by atoms with E-state index in [1.54, 1.807) is 16.7 Å². The van der Waals surface area contributed by atoms with Crippen LogP contribution in [0.2, 0.25) is 0 Å². The number of β-amino-alcohol motifs (C(OH)–C–C–N with tert-alkyl or cyclic N) is 1. The number of hydrogen-bond acceptors (Lipinski definition) is 7. The van der Waals surface area contributed by atoms with Gasteiger partial charge in [-0.15, -0.1) is 11.8 Å². The van der Waals surface area contributed by atoms with Crippen LogP contribution in [-0.2, 0) is 25.7 Å². The minimum absolute atomic E-state index is 0.0459. The molecule has 0 radical (unpaired) electrons. The van der Waals surface area contributed by atoms with Crippen molar-refractivity contribution in [1.29, 1.82) is 0 Å². The zero-order valence-electron chi connectivity index (χ0n) is 22.1. The minimum atomic E-state index is -0.845. The summed E-state index contributed by atoms with van der Waals surface area (Å²) in [5, 5.41) is 9.69. The van der Waals surface area contributed by atoms with E-state index in [0.29, 0.717) is 39.4 Å². The average molecular weight is 553 g/mol. The second kappa shape index (κ2) is 11.1. The van der Waals surface area contributed by atoms with E-state index < -0.39 is 22.6 Å². The van der Waals surface area contributed by atoms with Crippen LogP contribution in [0.25, 0.3) is 0 Å². The van der Waals surface area contributed by atoms with E-state index in [1.165, 1.54) is 0 Å². The highest BCUT2D eigenvalue weighted by atomic mass is 32.2. The zero-order valence-corrected chi connectivity index (χ0v) is 22.9. The van der Waals surface area contributed by atoms with Gasteiger partial charge in [-0.25, -0.2) is 0 Å². The summed E-state index contributed by atoms with van der Waals surface area (Å²) in [6, 6.07) is 9.13. The van der Waals surface area contributed by atoms with Gasteiger partial charge in [0.15, 0.2) is 0 Å². The molecule has 39 heavy (non-hydrogen) atoms. The lowest BCUT2D eigenvalue weighted by Gasteiger charge is -2.36. The highest BCUT2D eigenvalue weighted by Gasteiger charge is 2.70. The highest BCUT2D eigenvalue weighted by Crippen LogP contribution is 2.61. The lowest BCUT2D eigenvalue weighted by atomic mass is 9.78. The van der Waals surface area contributed by atoms with Gasteiger partial charge in [0.1, 0.15) is 6.04 Å². The monoisotopic (exact) mass is 552 g/mol. The number of thioether (sulfide) groups is 1. The molecule has 3 fully saturated rings. The Morgan fingerprint density at radius 2 is 1.69 bits per heavy atom. The molecule has 0 aromatic heterocycles. The number of nitrogens with zero attached hydrogens (tertiary/aromatic N) is 4. The molecule has 1 spiro atoms. The third kappa shape index (κ3) is 4.71. The topological polar surface area (TPSA) is 93.6 Å². The summed E-state index contributed by atoms with van der Waals surface area (Å²) in [5.41, 5.74) is 1.04. The van der Waals surface area contributed by atoms with Crippen molar-refractivity contribution in [2.75, 3.05) is 65.6 Å². The first-order valence-corrected chi connectivity index (χ1v) is 14.8. The first-order valence-electron chi connectivity index (χ1n) is 13.9. The van der Waals surface area contributed by atoms with Crippen LogP contribution < -0.4 is 0 Å². The molecular formula is C29H36N4O5S. The molecule has 5 aliphatic heterocycles. The van der Waals surface area contributed by atoms with Crippen LogP contribution >= 0.6 is 11.8 Å². The first-order chi connectivity index (χ1) is 19.0. The Morgan fingerprint density at radius 3 is 2.46 bits per heavy atom. The number of carbonyl (C=O) groups is 3. The average Bonchev–Trinajstić information content (AvgIpc) is 3.27. The van der Waals surface area contributed by atoms with Crippen molar-refractivity contribution in [3.63, 3.8) is 0 Å². The molecule has 10 heteroatoms. The first kappa shape index (κ1) is 26.6. The van der Waals surface area contributed by atoms with Gasteiger partial charge in [0, 0.05) is 57.6 Å². The van der Waals surface area contributed by atoms with Gasteiger partial charge >= 0.3 is 0 Å². The minimum Gasteiger partial charge on any atom is -0.395 e. The number of morpholine rings is 1. The van der Waals surface area contributed by atoms with E-state index in [-0.39, 0.29) is 36.1 Å². The molecule has 5 atom stereocenters. The van der Waals surface area contributed by atoms with E-state index in [4.69, 9.17) is 4.74 Å². The van der Waals surface area contributed by atoms with Crippen LogP contribution in [-0.4, -0.2) is 124 Å². The van der Waals surface area contributed by atoms with Crippen LogP contribution in [0.1, 0.15) is 5.56 Å². The van der Waals surface area contributed by atoms with Crippen molar-refractivity contribution in [3.8, 4) is 0 Å². The fourth-order valence-corrected chi connectivity index (χ4v) is 8.82. The summed E-state index contributed by atoms with van der Waals surface area (Å²) in [7, 11) is 0. The van der Waals surface area contributed by atoms with E-state index in [2.05, 4.69) is 11.0 Å². The van der Waals surface area contributed by atoms with E-state index >= 15 is 0 Å². The molecule has 1 aromatic rings. The molecule has 3 amide bonds. The largest absolute Gasteiger partial charge is 0.395 e. The van der Waals surface area contributed by atoms with Gasteiger partial charge in [-0.3, -0.25) is 19.3 Å². The standard InChI is InChI=1S/C29H36N4O5S/c34-17-14-33-25-28(37)31(13-12-30-15-18-38-19-16-30)11-5-9-29(25)24(27(33)36)23-22(39-29)8-4-10-32(26(23)35)20-21-6-2-1-3-7-21/h1-9,22-25,34H,10-20H2/t22-,23+,24+,25?,29+/m1/s1. The number of aliphatic hydroxyl groups excluding tert-OH is 1. The Labute approximate surface area is 233 Å². The molecule has 1 aromatic carbocycles. The van der Waals surface area contributed by atoms with Crippen molar-refractivity contribution < 1.29 is 24.2 Å². The van der Waals surface area contributed by atoms with Gasteiger partial charge < -0.3 is 24.5 Å². The quantitative estimate of drug-likeness (QED) is 0.496. The zero-order chi connectivity index (χ0) is 27.0. The maximum atomic E-state index is 14.2. The molecule has 0 bridgehead atoms. The Bertz CT molecular complexity index is 1160. The van der Waals surface area contributed by atoms with Crippen LogP contribution in [0.15, 0.2) is 54.6 Å². The number of carbonyl (C=O) groups excluding carboxylic acids is 3. The van der Waals surface area contributed by atoms with Crippen LogP contribution in [0.3, 0.4) is 0 Å². The molecule has 1 N–H and O–H groups in total. The number of benzene rings is 1. The summed E-state index contributed by atoms with van der Waals surface area (Å²) in [5.74, 6) is -1.56. The van der Waals surface area contributed by atoms with Crippen LogP contribution in [0.5, 0.6) is 0 Å². The number of ether oxygens (including phenoxy) is 1. The smallest absolute Gasteiger partial charge is 0.247 e. The predicted octanol–water partition coefficient (Wildman–Crippen LogP) is 0.605. The lowest BCUT2D eigenvalue weighted by molar-refractivity contribution is -0.144. The van der Waals surface area contributed by atoms with Crippen molar-refractivity contribution >= 4 is 29.5 Å². The third-order valence-corrected chi connectivity index (χ3v) is 10.4. The number of aliphatic hydroxyl groups is 1. The molecule has 6 rings (SSSR count). The number of amides is 3. The summed E-state index contributed by atoms with van der Waals surface area (Å²) in [6.45, 7) is 5.65. The van der Waals surface area contributed by atoms with E-state index in [1.807, 2.05) is 58.4 Å². The summed E-state index contributed by atoms with van der Waals surface area (Å²) < 4.78 is 4.61. The lowest BCUT2D eigenvalue weighted by Crippen LogP contribution is -2.54. The van der Waals surface area contributed by atoms with Gasteiger partial charge in [-0.05, 0) is 5.56 Å². The molecule has 1 unspecified atom stereocenters. The molecule has 0 saturated carbocycles. The van der Waals surface area contributed by atoms with E-state index in [9.17, 15) is 19.5 Å². The Morgan fingerprint density at radius 1 is 0.923 bits per heavy atom. The highest BCUT2D eigenvalue weighted by molar-refractivity contribution is 8.02. The van der Waals surface area contributed by atoms with Crippen LogP contribution in [0, 0.1) is 11.8 Å². The molecule has 5 heterocycles. The summed E-state index contributed by atoms with van der Waals surface area (Å²) >= 11 is 1.58. The van der Waals surface area contributed by atoms with E-state index in [0.717, 1.165) is 25.2 Å². The fourth-order valence-electron chi connectivity index (χ4n) is 6.82. The molecular weight excluding hydrogens is 516 g/mol. The Hall–Kier alpha value is -2.66. The SMILES string of the molecule is O=C1C2N(CCO)C(=O)[C@@H]3[C@H]4C(=O)N(Cc5ccccc5)CC=C[C@H]4S[C@]23C=CCN1CCN1CCOCC1. The third-order valence-electron chi connectivity index (χ3n) is 8.67. The number of rotatable bonds is 7. The van der Waals surface area contributed by atoms with Crippen LogP contribution in [0.4, 0.5) is 0 Å². The Kier molecular flexibility index (Phi) is 7.54. The van der Waals surface area contributed by atoms with Gasteiger partial charge in [0.2, 0.25) is 17.7 Å². The second-order valence-corrected chi connectivity index (χ2v) is 12.4. The molecule has 5 aliphatic rings. The predicted molar refractivity (Wildman–Crippen MR) is 148 cm³/mol. The fraction of sp³-hybridized carbons (Fsp3) is 0.552. The van der Waals surface area contributed by atoms with Crippen molar-refractivity contribution in [3.05, 3.63) is 60.2 Å². The molecule has 0 aliphatic carbocycles. The molecule has 3 saturated heterocycles. The second-order valence-electron chi connectivity index (χ2n) is 10.9. The summed E-state index contributed by atoms with van der Waals surface area (Å²) in [6.07, 6.45) is 8.13. The van der Waals surface area contributed by atoms with Crippen molar-refractivity contribution in [1.82, 2.24) is 19.6 Å². The maximum absolute atomic E-state index is 14.2. The number of likely N-dealkylation sites (tertiary alicyclic amines) is 1. The molecule has 208 valence electrons. The summed E-state index contributed by atoms with van der Waals surface area (Å²) in [4.78, 5) is 49.8.